The molecule has 0 saturated carbocycles. The zero-order chi connectivity index (χ0) is 45.6. The number of hydrogen-bond acceptors (Lipinski definition) is 0. The van der Waals surface area contributed by atoms with E-state index >= 15 is 0 Å². The van der Waals surface area contributed by atoms with Crippen LogP contribution < -0.4 is 0 Å². The Labute approximate surface area is 403 Å². The third kappa shape index (κ3) is 5.25. The van der Waals surface area contributed by atoms with E-state index in [-0.39, 0.29) is 0 Å². The van der Waals surface area contributed by atoms with E-state index in [1.165, 1.54) is 163 Å². The first-order valence-corrected chi connectivity index (χ1v) is 24.5. The second-order valence-electron chi connectivity index (χ2n) is 19.4. The predicted molar refractivity (Wildman–Crippen MR) is 302 cm³/mol. The third-order valence-corrected chi connectivity index (χ3v) is 15.9. The van der Waals surface area contributed by atoms with E-state index in [4.69, 9.17) is 0 Å². The summed E-state index contributed by atoms with van der Waals surface area (Å²) in [6, 6.07) is 91.5. The van der Waals surface area contributed by atoms with E-state index in [0.717, 1.165) is 0 Å². The molecule has 16 aromatic carbocycles. The number of rotatable bonds is 5. The minimum Gasteiger partial charge on any atom is -0.0622 e. The Morgan fingerprint density at radius 3 is 0.900 bits per heavy atom. The van der Waals surface area contributed by atoms with Crippen LogP contribution in [0.5, 0.6) is 0 Å². The molecule has 0 aliphatic heterocycles. The molecule has 0 heterocycles. The zero-order valence-electron chi connectivity index (χ0n) is 38.1. The first-order chi connectivity index (χ1) is 34.7. The van der Waals surface area contributed by atoms with Crippen LogP contribution in [0.15, 0.2) is 243 Å². The molecule has 0 bridgehead atoms. The zero-order valence-corrected chi connectivity index (χ0v) is 38.1. The summed E-state index contributed by atoms with van der Waals surface area (Å²) in [6.45, 7) is 0. The maximum Gasteiger partial charge on any atom is -0.00203 e. The summed E-state index contributed by atoms with van der Waals surface area (Å²) in [5, 5.41) is 25.9. The van der Waals surface area contributed by atoms with Gasteiger partial charge in [-0.1, -0.05) is 237 Å². The first kappa shape index (κ1) is 37.9. The van der Waals surface area contributed by atoms with Crippen LogP contribution in [-0.2, 0) is 0 Å². The third-order valence-electron chi connectivity index (χ3n) is 15.9. The van der Waals surface area contributed by atoms with Gasteiger partial charge in [0.15, 0.2) is 0 Å². The van der Waals surface area contributed by atoms with Gasteiger partial charge in [-0.3, -0.25) is 0 Å². The molecule has 0 fully saturated rings. The lowest BCUT2D eigenvalue weighted by Crippen LogP contribution is -1.93. The van der Waals surface area contributed by atoms with Gasteiger partial charge in [-0.15, -0.1) is 0 Å². The van der Waals surface area contributed by atoms with Gasteiger partial charge in [-0.2, -0.15) is 0 Å². The summed E-state index contributed by atoms with van der Waals surface area (Å²) in [5.41, 5.74) is 12.6. The minimum absolute atomic E-state index is 1.23. The lowest BCUT2D eigenvalue weighted by Gasteiger charge is -2.20. The van der Waals surface area contributed by atoms with Crippen LogP contribution in [0.2, 0.25) is 0 Å². The van der Waals surface area contributed by atoms with Crippen molar-refractivity contribution in [2.45, 2.75) is 0 Å². The highest BCUT2D eigenvalue weighted by atomic mass is 14.2. The van der Waals surface area contributed by atoms with Crippen LogP contribution in [0.4, 0.5) is 0 Å². The summed E-state index contributed by atoms with van der Waals surface area (Å²) in [7, 11) is 0. The van der Waals surface area contributed by atoms with Gasteiger partial charge in [0.1, 0.15) is 0 Å². The molecule has 70 heavy (non-hydrogen) atoms. The van der Waals surface area contributed by atoms with Crippen molar-refractivity contribution in [3.63, 3.8) is 0 Å². The van der Waals surface area contributed by atoms with Crippen LogP contribution in [0.25, 0.3) is 163 Å². The van der Waals surface area contributed by atoms with Gasteiger partial charge in [0, 0.05) is 0 Å². The summed E-state index contributed by atoms with van der Waals surface area (Å²) in [4.78, 5) is 0. The smallest absolute Gasteiger partial charge is 0.00203 e. The van der Waals surface area contributed by atoms with E-state index in [2.05, 4.69) is 243 Å². The highest BCUT2D eigenvalue weighted by Crippen LogP contribution is 2.49. The van der Waals surface area contributed by atoms with E-state index in [1.807, 2.05) is 0 Å². The summed E-state index contributed by atoms with van der Waals surface area (Å²) >= 11 is 0. The maximum atomic E-state index is 2.41. The van der Waals surface area contributed by atoms with Gasteiger partial charge in [-0.05, 0) is 169 Å². The van der Waals surface area contributed by atoms with Crippen LogP contribution >= 0.6 is 0 Å². The highest BCUT2D eigenvalue weighted by molar-refractivity contribution is 6.33. The molecular weight excluding hydrogens is 841 g/mol. The monoisotopic (exact) mass is 880 g/mol. The maximum absolute atomic E-state index is 2.41. The van der Waals surface area contributed by atoms with Crippen LogP contribution in [0, 0.1) is 0 Å². The molecule has 320 valence electrons. The molecule has 0 N–H and O–H groups in total. The molecule has 0 heteroatoms. The van der Waals surface area contributed by atoms with E-state index < -0.39 is 0 Å². The van der Waals surface area contributed by atoms with Gasteiger partial charge in [-0.25, -0.2) is 0 Å². The van der Waals surface area contributed by atoms with Crippen molar-refractivity contribution in [2.24, 2.45) is 0 Å². The van der Waals surface area contributed by atoms with Crippen molar-refractivity contribution in [3.8, 4) is 55.6 Å². The average molecular weight is 881 g/mol. The van der Waals surface area contributed by atoms with Crippen molar-refractivity contribution in [2.75, 3.05) is 0 Å². The molecule has 0 spiro atoms. The molecule has 0 aliphatic rings. The van der Waals surface area contributed by atoms with Gasteiger partial charge in [0.25, 0.3) is 0 Å². The van der Waals surface area contributed by atoms with Crippen LogP contribution in [0.3, 0.4) is 0 Å². The van der Waals surface area contributed by atoms with Gasteiger partial charge in [0.2, 0.25) is 0 Å². The standard InChI is InChI=1S/C70H40/c1-2-9-42(10-3-1)51-12-6-7-13-53(51)54-29-21-47-27-37-62-56(33-23-48-26-35-60(54)69(47)70(48)62)58-31-20-44-16-15-43-19-30-57(63-38-39-64(58)67(44)66(43)63)55-32-22-46-24-34-59-52(28-18-45-25-36-61(55)68(46)65(45)59)50-17-14-41-8-4-5-11-49(41)40-50/h1-40H. The Morgan fingerprint density at radius 2 is 0.443 bits per heavy atom. The van der Waals surface area contributed by atoms with Crippen molar-refractivity contribution in [3.05, 3.63) is 243 Å². The Balaban J connectivity index is 0.885. The topological polar surface area (TPSA) is 0 Å². The minimum atomic E-state index is 1.23. The van der Waals surface area contributed by atoms with E-state index in [9.17, 15) is 0 Å². The number of benzene rings is 16. The largest absolute Gasteiger partial charge is 0.0622 e. The quantitative estimate of drug-likeness (QED) is 0.151. The molecule has 16 rings (SSSR count). The van der Waals surface area contributed by atoms with Gasteiger partial charge >= 0.3 is 0 Å². The van der Waals surface area contributed by atoms with E-state index in [0.29, 0.717) is 0 Å². The fraction of sp³-hybridized carbons (Fsp3) is 0. The Morgan fingerprint density at radius 1 is 0.143 bits per heavy atom. The molecule has 0 amide bonds. The lowest BCUT2D eigenvalue weighted by molar-refractivity contribution is 1.60. The summed E-state index contributed by atoms with van der Waals surface area (Å²) < 4.78 is 0. The SMILES string of the molecule is c1ccc(-c2ccccc2-c2ccc3ccc4c(-c5ccc6ccc7ccc(-c8ccc9ccc%10c(-c%11ccc%12ccccc%12c%11)ccc%11ccc8c9c%11%10)c8ccc5c6c78)ccc5ccc2c3c54)cc1. The predicted octanol–water partition coefficient (Wildman–Crippen LogP) is 19.9. The Bertz CT molecular complexity index is 4800. The van der Waals surface area contributed by atoms with Crippen molar-refractivity contribution in [1.82, 2.24) is 0 Å². The van der Waals surface area contributed by atoms with Crippen molar-refractivity contribution < 1.29 is 0 Å². The normalized spacial score (nSPS) is 12.3. The van der Waals surface area contributed by atoms with Crippen molar-refractivity contribution >= 4 is 108 Å². The van der Waals surface area contributed by atoms with Crippen LogP contribution in [-0.4, -0.2) is 0 Å². The molecule has 0 aliphatic carbocycles. The molecule has 0 radical (unpaired) electrons. The average Bonchev–Trinajstić information content (AvgIpc) is 3.43. The highest BCUT2D eigenvalue weighted by Gasteiger charge is 2.21. The molecule has 0 atom stereocenters. The summed E-state index contributed by atoms with van der Waals surface area (Å²) in [6.07, 6.45) is 0. The molecule has 0 unspecified atom stereocenters. The number of hydrogen-bond donors (Lipinski definition) is 0. The van der Waals surface area contributed by atoms with Crippen LogP contribution in [0.1, 0.15) is 0 Å². The fourth-order valence-corrected chi connectivity index (χ4v) is 12.8. The Hall–Kier alpha value is -9.10. The Kier molecular flexibility index (Phi) is 7.70. The van der Waals surface area contributed by atoms with E-state index in [1.54, 1.807) is 0 Å². The fourth-order valence-electron chi connectivity index (χ4n) is 12.8. The van der Waals surface area contributed by atoms with Gasteiger partial charge in [0.05, 0.1) is 0 Å². The molecule has 0 aromatic heterocycles. The molecule has 16 aromatic rings. The second-order valence-corrected chi connectivity index (χ2v) is 19.4. The lowest BCUT2D eigenvalue weighted by atomic mass is 9.83. The molecule has 0 saturated heterocycles. The van der Waals surface area contributed by atoms with Crippen molar-refractivity contribution in [1.29, 1.82) is 0 Å². The second kappa shape index (κ2) is 14.2. The molecular formula is C70H40. The molecule has 0 nitrogen and oxygen atoms in total. The summed E-state index contributed by atoms with van der Waals surface area (Å²) in [5.74, 6) is 0. The first-order valence-electron chi connectivity index (χ1n) is 24.5. The van der Waals surface area contributed by atoms with Gasteiger partial charge < -0.3 is 0 Å². The number of fused-ring (bicyclic) bond motifs is 1.